The van der Waals surface area contributed by atoms with E-state index in [-0.39, 0.29) is 56.0 Å². The van der Waals surface area contributed by atoms with Gasteiger partial charge in [-0.1, -0.05) is 0 Å². The summed E-state index contributed by atoms with van der Waals surface area (Å²) in [5.41, 5.74) is -1.61. The number of alkyl halides is 3. The standard InChI is InChI=1S/C28H22F4N4O6/c29-18-1-8-24-17(13-18)14-25(42-24)27(38)35-11-9-34(10-12-35)26(37)16-41-21-5-2-19(3-6-21)33-20-4-7-23(36(39)40)22(15-20)28(30,31)32/h1-8,13-15,33H,9-12,16H2. The van der Waals surface area contributed by atoms with Gasteiger partial charge in [0, 0.05) is 49.0 Å². The average molecular weight is 586 g/mol. The van der Waals surface area contributed by atoms with Crippen LogP contribution in [-0.4, -0.2) is 59.3 Å². The van der Waals surface area contributed by atoms with Crippen molar-refractivity contribution >= 4 is 39.8 Å². The van der Waals surface area contributed by atoms with E-state index in [0.29, 0.717) is 28.5 Å². The number of nitrogens with zero attached hydrogens (tertiary/aromatic N) is 3. The number of ether oxygens (including phenoxy) is 1. The van der Waals surface area contributed by atoms with Crippen LogP contribution in [0, 0.1) is 15.9 Å². The van der Waals surface area contributed by atoms with Gasteiger partial charge in [-0.2, -0.15) is 13.2 Å². The molecule has 0 unspecified atom stereocenters. The first-order chi connectivity index (χ1) is 20.0. The monoisotopic (exact) mass is 586 g/mol. The molecular weight excluding hydrogens is 564 g/mol. The lowest BCUT2D eigenvalue weighted by Gasteiger charge is -2.34. The second-order valence-corrected chi connectivity index (χ2v) is 9.39. The number of carbonyl (C=O) groups excluding carboxylic acids is 2. The smallest absolute Gasteiger partial charge is 0.423 e. The molecule has 4 aromatic rings. The Hall–Kier alpha value is -5.14. The Bertz CT molecular complexity index is 1650. The van der Waals surface area contributed by atoms with E-state index >= 15 is 0 Å². The maximum Gasteiger partial charge on any atom is 0.423 e. The molecule has 1 aliphatic rings. The van der Waals surface area contributed by atoms with Crippen molar-refractivity contribution in [2.24, 2.45) is 0 Å². The third-order valence-electron chi connectivity index (χ3n) is 6.61. The third kappa shape index (κ3) is 6.27. The summed E-state index contributed by atoms with van der Waals surface area (Å²) < 4.78 is 64.2. The molecule has 1 N–H and O–H groups in total. The number of amides is 2. The number of carbonyl (C=O) groups is 2. The zero-order chi connectivity index (χ0) is 30.0. The Labute approximate surface area is 235 Å². The van der Waals surface area contributed by atoms with E-state index in [1.807, 2.05) is 0 Å². The Morgan fingerprint density at radius 1 is 0.929 bits per heavy atom. The van der Waals surface area contributed by atoms with E-state index in [2.05, 4.69) is 5.32 Å². The Morgan fingerprint density at radius 3 is 2.26 bits per heavy atom. The first kappa shape index (κ1) is 28.4. The van der Waals surface area contributed by atoms with Gasteiger partial charge < -0.3 is 24.3 Å². The first-order valence-corrected chi connectivity index (χ1v) is 12.6. The highest BCUT2D eigenvalue weighted by Gasteiger charge is 2.38. The molecule has 14 heteroatoms. The lowest BCUT2D eigenvalue weighted by atomic mass is 10.1. The van der Waals surface area contributed by atoms with E-state index in [0.717, 1.165) is 6.07 Å². The maximum absolute atomic E-state index is 13.4. The molecule has 218 valence electrons. The number of nitrogens with one attached hydrogen (secondary N) is 1. The van der Waals surface area contributed by atoms with Crippen molar-refractivity contribution in [3.05, 3.63) is 94.0 Å². The summed E-state index contributed by atoms with van der Waals surface area (Å²) in [4.78, 5) is 38.4. The quantitative estimate of drug-likeness (QED) is 0.170. The van der Waals surface area contributed by atoms with Crippen molar-refractivity contribution in [3.8, 4) is 5.75 Å². The highest BCUT2D eigenvalue weighted by Crippen LogP contribution is 2.38. The Balaban J connectivity index is 1.11. The Kier molecular flexibility index (Phi) is 7.70. The fourth-order valence-corrected chi connectivity index (χ4v) is 4.47. The second-order valence-electron chi connectivity index (χ2n) is 9.39. The van der Waals surface area contributed by atoms with Crippen LogP contribution in [0.4, 0.5) is 34.6 Å². The molecule has 42 heavy (non-hydrogen) atoms. The minimum atomic E-state index is -4.90. The van der Waals surface area contributed by atoms with E-state index in [4.69, 9.17) is 9.15 Å². The molecule has 10 nitrogen and oxygen atoms in total. The molecule has 1 aromatic heterocycles. The second kappa shape index (κ2) is 11.4. The Morgan fingerprint density at radius 2 is 1.60 bits per heavy atom. The SMILES string of the molecule is O=C(COc1ccc(Nc2ccc([N+](=O)[O-])c(C(F)(F)F)c2)cc1)N1CCN(C(=O)c2cc3cc(F)ccc3o2)CC1. The van der Waals surface area contributed by atoms with Gasteiger partial charge in [-0.25, -0.2) is 4.39 Å². The van der Waals surface area contributed by atoms with Gasteiger partial charge in [0.1, 0.15) is 22.7 Å². The molecule has 5 rings (SSSR count). The molecule has 3 aromatic carbocycles. The summed E-state index contributed by atoms with van der Waals surface area (Å²) in [6, 6.07) is 14.1. The molecule has 0 saturated carbocycles. The van der Waals surface area contributed by atoms with Crippen molar-refractivity contribution in [2.45, 2.75) is 6.18 Å². The number of piperazine rings is 1. The summed E-state index contributed by atoms with van der Waals surface area (Å²) in [6.07, 6.45) is -4.90. The van der Waals surface area contributed by atoms with Crippen LogP contribution in [0.25, 0.3) is 11.0 Å². The fourth-order valence-electron chi connectivity index (χ4n) is 4.47. The summed E-state index contributed by atoms with van der Waals surface area (Å²) in [5.74, 6) is -0.662. The molecule has 1 saturated heterocycles. The predicted octanol–water partition coefficient (Wildman–Crippen LogP) is 5.61. The van der Waals surface area contributed by atoms with Gasteiger partial charge in [-0.3, -0.25) is 19.7 Å². The number of fused-ring (bicyclic) bond motifs is 1. The minimum Gasteiger partial charge on any atom is -0.484 e. The summed E-state index contributed by atoms with van der Waals surface area (Å²) >= 11 is 0. The fraction of sp³-hybridized carbons (Fsp3) is 0.214. The molecular formula is C28H22F4N4O6. The van der Waals surface area contributed by atoms with Gasteiger partial charge in [0.2, 0.25) is 0 Å². The zero-order valence-electron chi connectivity index (χ0n) is 21.7. The largest absolute Gasteiger partial charge is 0.484 e. The first-order valence-electron chi connectivity index (χ1n) is 12.6. The van der Waals surface area contributed by atoms with Gasteiger partial charge in [-0.05, 0) is 60.7 Å². The lowest BCUT2D eigenvalue weighted by molar-refractivity contribution is -0.388. The molecule has 0 aliphatic carbocycles. The van der Waals surface area contributed by atoms with Crippen LogP contribution in [0.5, 0.6) is 5.75 Å². The van der Waals surface area contributed by atoms with Gasteiger partial charge in [0.05, 0.1) is 4.92 Å². The number of nitro groups is 1. The number of furan rings is 1. The molecule has 0 radical (unpaired) electrons. The average Bonchev–Trinajstić information content (AvgIpc) is 3.39. The molecule has 1 aliphatic heterocycles. The lowest BCUT2D eigenvalue weighted by Crippen LogP contribution is -2.51. The number of nitro benzene ring substituents is 1. The van der Waals surface area contributed by atoms with Gasteiger partial charge >= 0.3 is 6.18 Å². The van der Waals surface area contributed by atoms with E-state index in [1.165, 1.54) is 54.6 Å². The maximum atomic E-state index is 13.4. The van der Waals surface area contributed by atoms with Crippen molar-refractivity contribution < 1.29 is 41.2 Å². The molecule has 1 fully saturated rings. The van der Waals surface area contributed by atoms with Crippen LogP contribution in [0.1, 0.15) is 16.1 Å². The molecule has 2 heterocycles. The summed E-state index contributed by atoms with van der Waals surface area (Å²) in [6.45, 7) is 0.832. The zero-order valence-corrected chi connectivity index (χ0v) is 21.7. The van der Waals surface area contributed by atoms with E-state index in [9.17, 15) is 37.3 Å². The van der Waals surface area contributed by atoms with Crippen LogP contribution in [0.15, 0.2) is 71.1 Å². The topological polar surface area (TPSA) is 118 Å². The number of hydrogen-bond donors (Lipinski definition) is 1. The van der Waals surface area contributed by atoms with Crippen molar-refractivity contribution in [2.75, 3.05) is 38.1 Å². The molecule has 0 spiro atoms. The summed E-state index contributed by atoms with van der Waals surface area (Å²) in [7, 11) is 0. The van der Waals surface area contributed by atoms with Gasteiger partial charge in [-0.15, -0.1) is 0 Å². The predicted molar refractivity (Wildman–Crippen MR) is 142 cm³/mol. The van der Waals surface area contributed by atoms with Crippen LogP contribution in [0.3, 0.4) is 0 Å². The van der Waals surface area contributed by atoms with E-state index in [1.54, 1.807) is 9.80 Å². The van der Waals surface area contributed by atoms with Gasteiger partial charge in [0.25, 0.3) is 17.5 Å². The number of rotatable bonds is 7. The summed E-state index contributed by atoms with van der Waals surface area (Å²) in [5, 5.41) is 14.2. The van der Waals surface area contributed by atoms with Crippen LogP contribution >= 0.6 is 0 Å². The number of hydrogen-bond acceptors (Lipinski definition) is 7. The molecule has 0 bridgehead atoms. The highest BCUT2D eigenvalue weighted by molar-refractivity contribution is 5.96. The van der Waals surface area contributed by atoms with Crippen LogP contribution < -0.4 is 10.1 Å². The minimum absolute atomic E-state index is 0.00335. The number of anilines is 2. The van der Waals surface area contributed by atoms with Crippen molar-refractivity contribution in [1.29, 1.82) is 0 Å². The van der Waals surface area contributed by atoms with Crippen LogP contribution in [0.2, 0.25) is 0 Å². The number of halogens is 4. The van der Waals surface area contributed by atoms with Crippen molar-refractivity contribution in [1.82, 2.24) is 9.80 Å². The van der Waals surface area contributed by atoms with E-state index < -0.39 is 28.2 Å². The molecule has 0 atom stereocenters. The third-order valence-corrected chi connectivity index (χ3v) is 6.61. The molecule has 2 amide bonds. The highest BCUT2D eigenvalue weighted by atomic mass is 19.4. The van der Waals surface area contributed by atoms with Crippen molar-refractivity contribution in [3.63, 3.8) is 0 Å². The van der Waals surface area contributed by atoms with Crippen LogP contribution in [-0.2, 0) is 11.0 Å². The number of benzene rings is 3. The normalized spacial score (nSPS) is 13.7. The van der Waals surface area contributed by atoms with Gasteiger partial charge in [0.15, 0.2) is 12.4 Å².